The van der Waals surface area contributed by atoms with Gasteiger partial charge in [0.25, 0.3) is 0 Å². The fraction of sp³-hybridized carbons (Fsp3) is 0.400. The normalized spacial score (nSPS) is 14.4. The molecule has 4 aromatic carbocycles. The molecular weight excluding hydrogens is 725 g/mol. The van der Waals surface area contributed by atoms with Crippen LogP contribution in [0.5, 0.6) is 0 Å². The summed E-state index contributed by atoms with van der Waals surface area (Å²) in [6.07, 6.45) is 7.77. The highest BCUT2D eigenvalue weighted by molar-refractivity contribution is 7.87. The lowest BCUT2D eigenvalue weighted by Crippen LogP contribution is -2.12. The van der Waals surface area contributed by atoms with Gasteiger partial charge in [0.05, 0.1) is 0 Å². The van der Waals surface area contributed by atoms with Crippen LogP contribution in [0.4, 0.5) is 0 Å². The minimum atomic E-state index is -4.20. The predicted molar refractivity (Wildman–Crippen MR) is 209 cm³/mol. The van der Waals surface area contributed by atoms with Crippen LogP contribution in [0.3, 0.4) is 0 Å². The Balaban J connectivity index is 1.50. The lowest BCUT2D eigenvalue weighted by molar-refractivity contribution is 0.331. The Morgan fingerprint density at radius 3 is 1.48 bits per heavy atom. The first-order valence-electron chi connectivity index (χ1n) is 18.3. The third kappa shape index (κ3) is 12.0. The van der Waals surface area contributed by atoms with Crippen LogP contribution in [-0.4, -0.2) is 16.8 Å². The molecule has 0 amide bonds. The smallest absolute Gasteiger partial charge is 0.307 e. The predicted octanol–water partition coefficient (Wildman–Crippen LogP) is 11.8. The summed E-state index contributed by atoms with van der Waals surface area (Å²) in [4.78, 5) is 4.60. The third-order valence-electron chi connectivity index (χ3n) is 10.3. The van der Waals surface area contributed by atoms with Gasteiger partial charge in [0.2, 0.25) is 0 Å². The van der Waals surface area contributed by atoms with E-state index in [1.165, 1.54) is 35.4 Å². The highest BCUT2D eigenvalue weighted by atomic mass is 32.2. The average Bonchev–Trinajstić information content (AvgIpc) is 3.20. The molecule has 0 aliphatic carbocycles. The van der Waals surface area contributed by atoms with Gasteiger partial charge >= 0.3 is 20.2 Å². The second kappa shape index (κ2) is 20.5. The van der Waals surface area contributed by atoms with Crippen molar-refractivity contribution in [2.45, 2.75) is 106 Å². The highest BCUT2D eigenvalue weighted by Crippen LogP contribution is 2.39. The van der Waals surface area contributed by atoms with Crippen molar-refractivity contribution < 1.29 is 25.4 Å². The van der Waals surface area contributed by atoms with Crippen molar-refractivity contribution in [3.63, 3.8) is 0 Å². The van der Waals surface area contributed by atoms with E-state index in [-0.39, 0.29) is 27.5 Å². The molecule has 0 saturated carbocycles. The van der Waals surface area contributed by atoms with E-state index in [0.717, 1.165) is 62.5 Å². The van der Waals surface area contributed by atoms with E-state index in [4.69, 9.17) is 11.1 Å². The van der Waals surface area contributed by atoms with Crippen LogP contribution in [0.15, 0.2) is 130 Å². The summed E-state index contributed by atoms with van der Waals surface area (Å²) in [5, 5.41) is 5.51. The van der Waals surface area contributed by atoms with E-state index < -0.39 is 20.2 Å². The molecule has 0 aliphatic rings. The fourth-order valence-corrected chi connectivity index (χ4v) is 8.65. The van der Waals surface area contributed by atoms with Gasteiger partial charge < -0.3 is 8.57 Å². The van der Waals surface area contributed by atoms with E-state index in [1.807, 2.05) is 24.3 Å². The van der Waals surface area contributed by atoms with Crippen LogP contribution in [0.1, 0.15) is 118 Å². The largest absolute Gasteiger partial charge is 0.345 e. The summed E-state index contributed by atoms with van der Waals surface area (Å²) in [5.74, 6) is 1.42. The van der Waals surface area contributed by atoms with Gasteiger partial charge in [-0.2, -0.15) is 16.8 Å². The zero-order valence-corrected chi connectivity index (χ0v) is 32.5. The van der Waals surface area contributed by atoms with Gasteiger partial charge in [-0.3, -0.25) is 0 Å². The molecule has 286 valence electrons. The molecular formula is C40H48N6O6S2. The Bertz CT molecular complexity index is 2070. The van der Waals surface area contributed by atoms with Crippen molar-refractivity contribution >= 4 is 20.2 Å². The quantitative estimate of drug-likeness (QED) is 0.0331. The van der Waals surface area contributed by atoms with Gasteiger partial charge in [0.15, 0.2) is 0 Å². The Labute approximate surface area is 319 Å². The first kappa shape index (κ1) is 41.8. The summed E-state index contributed by atoms with van der Waals surface area (Å²) < 4.78 is 58.2. The Hall–Kier alpha value is -5.00. The van der Waals surface area contributed by atoms with Gasteiger partial charge in [-0.25, -0.2) is 0 Å². The lowest BCUT2D eigenvalue weighted by Gasteiger charge is -2.27. The van der Waals surface area contributed by atoms with Crippen LogP contribution in [0.2, 0.25) is 0 Å². The standard InChI is InChI=1S/C40H48N6O6S2/c1-4-31(28-38(35-16-10-7-11-17-35)27-30(3)33-19-23-39(24-20-33)53(47,48)51-45-43-41)13-12-18-37(29-32(5-2)34-14-8-6-9-15-34)36-21-25-40(26-22-36)54(49,50)52-46-44-42/h6-11,14-17,19-26,30-32,37-38H,4-5,12-13,18,27-29H2,1-3H3. The molecule has 0 heterocycles. The minimum Gasteiger partial charge on any atom is -0.307 e. The molecule has 5 atom stereocenters. The monoisotopic (exact) mass is 772 g/mol. The second-order valence-corrected chi connectivity index (χ2v) is 16.7. The molecule has 14 heteroatoms. The van der Waals surface area contributed by atoms with Gasteiger partial charge in [-0.15, -0.1) is 0 Å². The van der Waals surface area contributed by atoms with E-state index >= 15 is 0 Å². The summed E-state index contributed by atoms with van der Waals surface area (Å²) in [6.45, 7) is 6.59. The second-order valence-electron chi connectivity index (χ2n) is 13.7. The molecule has 4 rings (SSSR count). The highest BCUT2D eigenvalue weighted by Gasteiger charge is 2.24. The molecule has 0 fully saturated rings. The summed E-state index contributed by atoms with van der Waals surface area (Å²) in [6, 6.07) is 34.2. The molecule has 5 unspecified atom stereocenters. The first-order chi connectivity index (χ1) is 26.0. The van der Waals surface area contributed by atoms with Crippen molar-refractivity contribution in [1.82, 2.24) is 0 Å². The molecule has 12 nitrogen and oxygen atoms in total. The van der Waals surface area contributed by atoms with Crippen LogP contribution in [-0.2, 0) is 28.8 Å². The van der Waals surface area contributed by atoms with Crippen LogP contribution in [0, 0.1) is 5.92 Å². The SMILES string of the molecule is CCC(CCCC(CC(CC)c1ccccc1)c1ccc(S(=O)(=O)ON=[N+]=[N-])cc1)CC(CC(C)c1ccc(S(=O)(=O)ON=[N+]=[N-])cc1)c1ccccc1. The summed E-state index contributed by atoms with van der Waals surface area (Å²) >= 11 is 0. The number of azide groups is 2. The molecule has 54 heavy (non-hydrogen) atoms. The van der Waals surface area contributed by atoms with Crippen molar-refractivity contribution in [1.29, 1.82) is 0 Å². The molecule has 0 saturated heterocycles. The Kier molecular flexibility index (Phi) is 15.8. The zero-order chi connectivity index (χ0) is 39.0. The average molecular weight is 773 g/mol. The maximum atomic E-state index is 12.5. The lowest BCUT2D eigenvalue weighted by atomic mass is 9.77. The maximum Gasteiger partial charge on any atom is 0.345 e. The zero-order valence-electron chi connectivity index (χ0n) is 30.9. The molecule has 0 radical (unpaired) electrons. The summed E-state index contributed by atoms with van der Waals surface area (Å²) in [5.41, 5.74) is 21.6. The van der Waals surface area contributed by atoms with Gasteiger partial charge in [-0.1, -0.05) is 125 Å². The molecule has 0 spiro atoms. The van der Waals surface area contributed by atoms with Crippen LogP contribution in [0.25, 0.3) is 20.9 Å². The van der Waals surface area contributed by atoms with Crippen molar-refractivity contribution in [2.24, 2.45) is 16.5 Å². The topological polar surface area (TPSA) is 184 Å². The van der Waals surface area contributed by atoms with E-state index in [9.17, 15) is 16.8 Å². The van der Waals surface area contributed by atoms with Gasteiger partial charge in [0, 0.05) is 9.82 Å². The summed E-state index contributed by atoms with van der Waals surface area (Å²) in [7, 11) is -8.38. The number of hydrogen-bond donors (Lipinski definition) is 0. The maximum absolute atomic E-state index is 12.5. The Morgan fingerprint density at radius 1 is 0.556 bits per heavy atom. The number of hydrogen-bond acceptors (Lipinski definition) is 8. The van der Waals surface area contributed by atoms with Crippen molar-refractivity contribution in [3.8, 4) is 0 Å². The third-order valence-corrected chi connectivity index (χ3v) is 12.5. The number of rotatable bonds is 22. The van der Waals surface area contributed by atoms with Gasteiger partial charge in [-0.05, 0) is 119 Å². The molecule has 4 aromatic rings. The fourth-order valence-electron chi connectivity index (χ4n) is 7.30. The van der Waals surface area contributed by atoms with Gasteiger partial charge in [0.1, 0.15) is 20.3 Å². The van der Waals surface area contributed by atoms with E-state index in [1.54, 1.807) is 12.1 Å². The number of benzene rings is 4. The van der Waals surface area contributed by atoms with Crippen LogP contribution >= 0.6 is 0 Å². The first-order valence-corrected chi connectivity index (χ1v) is 21.1. The number of nitrogens with zero attached hydrogens (tertiary/aromatic N) is 6. The van der Waals surface area contributed by atoms with E-state index in [2.05, 4.69) is 98.2 Å². The van der Waals surface area contributed by atoms with Crippen LogP contribution < -0.4 is 0 Å². The molecule has 0 aliphatic heterocycles. The molecule has 0 N–H and O–H groups in total. The van der Waals surface area contributed by atoms with Crippen molar-refractivity contribution in [3.05, 3.63) is 152 Å². The molecule has 0 bridgehead atoms. The molecule has 0 aromatic heterocycles. The van der Waals surface area contributed by atoms with Crippen molar-refractivity contribution in [2.75, 3.05) is 0 Å². The Morgan fingerprint density at radius 2 is 1.02 bits per heavy atom. The minimum absolute atomic E-state index is 0.0694. The van der Waals surface area contributed by atoms with E-state index in [0.29, 0.717) is 11.8 Å².